The highest BCUT2D eigenvalue weighted by Gasteiger charge is 2.17. The van der Waals surface area contributed by atoms with Crippen LogP contribution in [-0.4, -0.2) is 41.2 Å². The monoisotopic (exact) mass is 317 g/mol. The number of carbonyl (C=O) groups excluding carboxylic acids is 2. The zero-order valence-corrected chi connectivity index (χ0v) is 13.0. The SMILES string of the molecule is O=C(CSCC(=O)N1CCCCC1)c1ccc(Cl)s1. The summed E-state index contributed by atoms with van der Waals surface area (Å²) in [7, 11) is 0. The second-order valence-electron chi connectivity index (χ2n) is 4.46. The molecule has 1 amide bonds. The van der Waals surface area contributed by atoms with Gasteiger partial charge in [-0.05, 0) is 31.4 Å². The molecule has 0 atom stereocenters. The van der Waals surface area contributed by atoms with Crippen LogP contribution in [0.4, 0.5) is 0 Å². The molecule has 3 nitrogen and oxygen atoms in total. The molecule has 2 heterocycles. The minimum Gasteiger partial charge on any atom is -0.342 e. The van der Waals surface area contributed by atoms with Gasteiger partial charge in [0.05, 0.1) is 20.7 Å². The molecule has 0 radical (unpaired) electrons. The molecule has 1 aromatic heterocycles. The molecule has 0 aliphatic carbocycles. The number of hydrogen-bond donors (Lipinski definition) is 0. The molecule has 0 bridgehead atoms. The molecule has 6 heteroatoms. The Morgan fingerprint density at radius 3 is 2.58 bits per heavy atom. The molecule has 104 valence electrons. The second-order valence-corrected chi connectivity index (χ2v) is 7.16. The number of rotatable bonds is 5. The fourth-order valence-corrected chi connectivity index (χ4v) is 3.87. The number of thiophene rings is 1. The lowest BCUT2D eigenvalue weighted by atomic mass is 10.1. The molecule has 0 saturated carbocycles. The lowest BCUT2D eigenvalue weighted by Gasteiger charge is -2.26. The van der Waals surface area contributed by atoms with Gasteiger partial charge in [0.2, 0.25) is 5.91 Å². The van der Waals surface area contributed by atoms with E-state index in [0.717, 1.165) is 25.9 Å². The number of piperidine rings is 1. The van der Waals surface area contributed by atoms with Crippen LogP contribution in [0, 0.1) is 0 Å². The lowest BCUT2D eigenvalue weighted by molar-refractivity contribution is -0.129. The number of carbonyl (C=O) groups is 2. The Balaban J connectivity index is 1.71. The first-order valence-corrected chi connectivity index (χ1v) is 8.66. The highest BCUT2D eigenvalue weighted by atomic mass is 35.5. The molecule has 1 aliphatic heterocycles. The molecular weight excluding hydrogens is 302 g/mol. The Morgan fingerprint density at radius 2 is 1.95 bits per heavy atom. The maximum atomic E-state index is 11.9. The molecule has 19 heavy (non-hydrogen) atoms. The van der Waals surface area contributed by atoms with Gasteiger partial charge < -0.3 is 4.90 Å². The van der Waals surface area contributed by atoms with Crippen molar-refractivity contribution in [1.29, 1.82) is 0 Å². The topological polar surface area (TPSA) is 37.4 Å². The lowest BCUT2D eigenvalue weighted by Crippen LogP contribution is -2.36. The summed E-state index contributed by atoms with van der Waals surface area (Å²) in [5.41, 5.74) is 0. The van der Waals surface area contributed by atoms with Gasteiger partial charge in [-0.15, -0.1) is 23.1 Å². The summed E-state index contributed by atoms with van der Waals surface area (Å²) in [6.45, 7) is 1.74. The van der Waals surface area contributed by atoms with Gasteiger partial charge in [-0.25, -0.2) is 0 Å². The second kappa shape index (κ2) is 7.31. The number of nitrogens with zero attached hydrogens (tertiary/aromatic N) is 1. The van der Waals surface area contributed by atoms with E-state index in [9.17, 15) is 9.59 Å². The summed E-state index contributed by atoms with van der Waals surface area (Å²) >= 11 is 8.47. The maximum absolute atomic E-state index is 11.9. The van der Waals surface area contributed by atoms with Gasteiger partial charge in [-0.3, -0.25) is 9.59 Å². The predicted octanol–water partition coefficient (Wildman–Crippen LogP) is 3.33. The number of amides is 1. The minimum absolute atomic E-state index is 0.0494. The Morgan fingerprint density at radius 1 is 1.21 bits per heavy atom. The van der Waals surface area contributed by atoms with Crippen molar-refractivity contribution in [2.24, 2.45) is 0 Å². The normalized spacial score (nSPS) is 15.5. The van der Waals surface area contributed by atoms with E-state index < -0.39 is 0 Å². The van der Waals surface area contributed by atoms with Crippen molar-refractivity contribution in [3.05, 3.63) is 21.3 Å². The van der Waals surface area contributed by atoms with Gasteiger partial charge in [0.1, 0.15) is 0 Å². The van der Waals surface area contributed by atoms with E-state index in [1.165, 1.54) is 29.5 Å². The fourth-order valence-electron chi connectivity index (χ4n) is 2.00. The molecule has 2 rings (SSSR count). The van der Waals surface area contributed by atoms with Crippen LogP contribution in [0.5, 0.6) is 0 Å². The van der Waals surface area contributed by atoms with E-state index in [1.54, 1.807) is 12.1 Å². The first kappa shape index (κ1) is 14.9. The highest BCUT2D eigenvalue weighted by Crippen LogP contribution is 2.23. The molecule has 0 spiro atoms. The van der Waals surface area contributed by atoms with Gasteiger partial charge in [0.15, 0.2) is 5.78 Å². The number of likely N-dealkylation sites (tertiary alicyclic amines) is 1. The van der Waals surface area contributed by atoms with E-state index in [-0.39, 0.29) is 11.7 Å². The minimum atomic E-state index is 0.0494. The molecule has 0 aromatic carbocycles. The standard InChI is InChI=1S/C13H16ClNO2S2/c14-12-5-4-11(19-12)10(16)8-18-9-13(17)15-6-2-1-3-7-15/h4-5H,1-3,6-9H2. The van der Waals surface area contributed by atoms with E-state index >= 15 is 0 Å². The zero-order chi connectivity index (χ0) is 13.7. The van der Waals surface area contributed by atoms with Crippen molar-refractivity contribution < 1.29 is 9.59 Å². The van der Waals surface area contributed by atoms with Gasteiger partial charge in [0.25, 0.3) is 0 Å². The molecule has 1 aliphatic rings. The van der Waals surface area contributed by atoms with Gasteiger partial charge in [-0.2, -0.15) is 0 Å². The third kappa shape index (κ3) is 4.51. The van der Waals surface area contributed by atoms with Crippen molar-refractivity contribution in [3.63, 3.8) is 0 Å². The van der Waals surface area contributed by atoms with E-state index in [0.29, 0.717) is 20.7 Å². The molecular formula is C13H16ClNO2S2. The van der Waals surface area contributed by atoms with Crippen molar-refractivity contribution in [3.8, 4) is 0 Å². The van der Waals surface area contributed by atoms with Gasteiger partial charge >= 0.3 is 0 Å². The molecule has 1 aromatic rings. The average molecular weight is 318 g/mol. The summed E-state index contributed by atoms with van der Waals surface area (Å²) in [4.78, 5) is 26.3. The van der Waals surface area contributed by atoms with E-state index in [1.807, 2.05) is 4.90 Å². The van der Waals surface area contributed by atoms with Crippen LogP contribution in [-0.2, 0) is 4.79 Å². The van der Waals surface area contributed by atoms with Crippen LogP contribution >= 0.6 is 34.7 Å². The first-order chi connectivity index (χ1) is 9.16. The van der Waals surface area contributed by atoms with Crippen LogP contribution in [0.2, 0.25) is 4.34 Å². The van der Waals surface area contributed by atoms with Crippen molar-refractivity contribution >= 4 is 46.4 Å². The Bertz CT molecular complexity index is 455. The molecule has 0 unspecified atom stereocenters. The summed E-state index contributed by atoms with van der Waals surface area (Å²) in [6, 6.07) is 3.46. The van der Waals surface area contributed by atoms with Crippen molar-refractivity contribution in [2.45, 2.75) is 19.3 Å². The molecule has 0 N–H and O–H groups in total. The van der Waals surface area contributed by atoms with Crippen LogP contribution in [0.15, 0.2) is 12.1 Å². The number of ketones is 1. The van der Waals surface area contributed by atoms with E-state index in [2.05, 4.69) is 0 Å². The Hall–Kier alpha value is -0.520. The summed E-state index contributed by atoms with van der Waals surface area (Å²) in [5.74, 6) is 0.941. The average Bonchev–Trinajstić information content (AvgIpc) is 2.86. The smallest absolute Gasteiger partial charge is 0.232 e. The quantitative estimate of drug-likeness (QED) is 0.782. The van der Waals surface area contributed by atoms with Crippen LogP contribution in [0.25, 0.3) is 0 Å². The molecule has 1 saturated heterocycles. The third-order valence-electron chi connectivity index (χ3n) is 3.02. The number of thioether (sulfide) groups is 1. The van der Waals surface area contributed by atoms with Crippen LogP contribution in [0.1, 0.15) is 28.9 Å². The van der Waals surface area contributed by atoms with Gasteiger partial charge in [-0.1, -0.05) is 11.6 Å². The summed E-state index contributed by atoms with van der Waals surface area (Å²) in [5, 5.41) is 0. The zero-order valence-electron chi connectivity index (χ0n) is 10.6. The van der Waals surface area contributed by atoms with E-state index in [4.69, 9.17) is 11.6 Å². The maximum Gasteiger partial charge on any atom is 0.232 e. The fraction of sp³-hybridized carbons (Fsp3) is 0.538. The Labute approximate surface area is 126 Å². The van der Waals surface area contributed by atoms with Crippen LogP contribution < -0.4 is 0 Å². The van der Waals surface area contributed by atoms with Crippen molar-refractivity contribution in [1.82, 2.24) is 4.90 Å². The number of halogens is 1. The third-order valence-corrected chi connectivity index (χ3v) is 5.21. The first-order valence-electron chi connectivity index (χ1n) is 6.31. The highest BCUT2D eigenvalue weighted by molar-refractivity contribution is 8.00. The Kier molecular flexibility index (Phi) is 5.73. The number of Topliss-reactive ketones (excluding diaryl/α,β-unsaturated/α-hetero) is 1. The largest absolute Gasteiger partial charge is 0.342 e. The van der Waals surface area contributed by atoms with Gasteiger partial charge in [0, 0.05) is 13.1 Å². The predicted molar refractivity (Wildman–Crippen MR) is 81.4 cm³/mol. The summed E-state index contributed by atoms with van der Waals surface area (Å²) < 4.78 is 0.623. The van der Waals surface area contributed by atoms with Crippen molar-refractivity contribution in [2.75, 3.05) is 24.6 Å². The summed E-state index contributed by atoms with van der Waals surface area (Å²) in [6.07, 6.45) is 3.42. The number of hydrogen-bond acceptors (Lipinski definition) is 4. The molecule has 1 fully saturated rings. The van der Waals surface area contributed by atoms with Crippen LogP contribution in [0.3, 0.4) is 0 Å².